The highest BCUT2D eigenvalue weighted by Crippen LogP contribution is 2.31. The summed E-state index contributed by atoms with van der Waals surface area (Å²) in [4.78, 5) is 7.14. The topological polar surface area (TPSA) is 28.2 Å². The van der Waals surface area contributed by atoms with Crippen LogP contribution in [0, 0.1) is 0 Å². The Hall–Kier alpha value is -2.85. The van der Waals surface area contributed by atoms with Crippen LogP contribution in [0.5, 0.6) is 0 Å². The van der Waals surface area contributed by atoms with Gasteiger partial charge in [0, 0.05) is 40.8 Å². The predicted molar refractivity (Wildman–Crippen MR) is 118 cm³/mol. The third kappa shape index (κ3) is 3.67. The molecular formula is C23H23N3S. The molecule has 0 aliphatic carbocycles. The summed E-state index contributed by atoms with van der Waals surface area (Å²) in [6, 6.07) is 23.4. The molecular weight excluding hydrogens is 350 g/mol. The van der Waals surface area contributed by atoms with Crippen molar-refractivity contribution in [2.45, 2.75) is 13.8 Å². The monoisotopic (exact) mass is 373 g/mol. The molecule has 1 aromatic heterocycles. The molecule has 0 radical (unpaired) electrons. The van der Waals surface area contributed by atoms with E-state index in [1.54, 1.807) is 11.3 Å². The molecule has 0 amide bonds. The van der Waals surface area contributed by atoms with Crippen molar-refractivity contribution in [2.75, 3.05) is 23.3 Å². The molecule has 1 heterocycles. The van der Waals surface area contributed by atoms with Gasteiger partial charge in [0.05, 0.1) is 5.69 Å². The summed E-state index contributed by atoms with van der Waals surface area (Å²) >= 11 is 1.63. The highest BCUT2D eigenvalue weighted by molar-refractivity contribution is 7.14. The quantitative estimate of drug-likeness (QED) is 0.415. The minimum absolute atomic E-state index is 0.911. The van der Waals surface area contributed by atoms with E-state index in [4.69, 9.17) is 4.98 Å². The van der Waals surface area contributed by atoms with Crippen molar-refractivity contribution < 1.29 is 0 Å². The second-order valence-corrected chi connectivity index (χ2v) is 7.27. The van der Waals surface area contributed by atoms with E-state index in [0.717, 1.165) is 35.2 Å². The third-order valence-electron chi connectivity index (χ3n) is 4.83. The van der Waals surface area contributed by atoms with E-state index in [0.29, 0.717) is 0 Å². The van der Waals surface area contributed by atoms with E-state index in [9.17, 15) is 0 Å². The minimum Gasteiger partial charge on any atom is -0.372 e. The van der Waals surface area contributed by atoms with Gasteiger partial charge >= 0.3 is 0 Å². The van der Waals surface area contributed by atoms with Crippen LogP contribution in [0.4, 0.5) is 16.5 Å². The van der Waals surface area contributed by atoms with Gasteiger partial charge in [0.1, 0.15) is 0 Å². The maximum Gasteiger partial charge on any atom is 0.187 e. The molecule has 0 saturated heterocycles. The van der Waals surface area contributed by atoms with E-state index < -0.39 is 0 Å². The highest BCUT2D eigenvalue weighted by atomic mass is 32.1. The Labute approximate surface area is 164 Å². The summed E-state index contributed by atoms with van der Waals surface area (Å²) < 4.78 is 0. The molecule has 4 aromatic rings. The Morgan fingerprint density at radius 3 is 2.41 bits per heavy atom. The number of nitrogens with zero attached hydrogens (tertiary/aromatic N) is 2. The molecule has 4 rings (SSSR count). The number of rotatable bonds is 6. The number of anilines is 3. The lowest BCUT2D eigenvalue weighted by molar-refractivity contribution is 0.866. The fraction of sp³-hybridized carbons (Fsp3) is 0.174. The van der Waals surface area contributed by atoms with Gasteiger partial charge < -0.3 is 10.2 Å². The first kappa shape index (κ1) is 17.6. The molecule has 1 N–H and O–H groups in total. The van der Waals surface area contributed by atoms with Gasteiger partial charge in [0.15, 0.2) is 5.13 Å². The zero-order valence-electron chi connectivity index (χ0n) is 15.6. The lowest BCUT2D eigenvalue weighted by Gasteiger charge is -2.20. The van der Waals surface area contributed by atoms with Crippen LogP contribution in [0.3, 0.4) is 0 Å². The van der Waals surface area contributed by atoms with Crippen molar-refractivity contribution in [3.05, 3.63) is 72.1 Å². The van der Waals surface area contributed by atoms with Gasteiger partial charge in [-0.15, -0.1) is 11.3 Å². The molecule has 136 valence electrons. The van der Waals surface area contributed by atoms with E-state index in [1.807, 2.05) is 0 Å². The molecule has 0 saturated carbocycles. The molecule has 3 nitrogen and oxygen atoms in total. The first-order valence-corrected chi connectivity index (χ1v) is 10.2. The normalized spacial score (nSPS) is 10.9. The first-order valence-electron chi connectivity index (χ1n) is 9.34. The van der Waals surface area contributed by atoms with Gasteiger partial charge in [-0.2, -0.15) is 0 Å². The van der Waals surface area contributed by atoms with Gasteiger partial charge in [-0.1, -0.05) is 48.5 Å². The fourth-order valence-electron chi connectivity index (χ4n) is 3.35. The largest absolute Gasteiger partial charge is 0.372 e. The molecule has 0 aliphatic heterocycles. The number of thiazole rings is 1. The first-order chi connectivity index (χ1) is 13.3. The van der Waals surface area contributed by atoms with Crippen molar-refractivity contribution in [1.29, 1.82) is 0 Å². The molecule has 0 spiro atoms. The summed E-state index contributed by atoms with van der Waals surface area (Å²) in [7, 11) is 0. The van der Waals surface area contributed by atoms with Gasteiger partial charge in [-0.05, 0) is 37.4 Å². The molecule has 0 bridgehead atoms. The average molecular weight is 374 g/mol. The lowest BCUT2D eigenvalue weighted by atomic mass is 10.1. The van der Waals surface area contributed by atoms with Gasteiger partial charge in [0.2, 0.25) is 0 Å². The molecule has 3 aromatic carbocycles. The second kappa shape index (κ2) is 7.80. The number of aromatic nitrogens is 1. The SMILES string of the molecule is CCN(CC)c1ccc(-c2csc(Nc3cccc4ccccc34)n2)cc1. The zero-order valence-corrected chi connectivity index (χ0v) is 16.5. The standard InChI is InChI=1S/C23H23N3S/c1-3-26(4-2)19-14-12-18(13-15-19)22-16-27-23(25-22)24-21-11-7-9-17-8-5-6-10-20(17)21/h5-16H,3-4H2,1-2H3,(H,24,25). The van der Waals surface area contributed by atoms with Gasteiger partial charge in [-0.3, -0.25) is 0 Å². The van der Waals surface area contributed by atoms with E-state index in [2.05, 4.69) is 96.2 Å². The second-order valence-electron chi connectivity index (χ2n) is 6.41. The number of nitrogens with one attached hydrogen (secondary N) is 1. The van der Waals surface area contributed by atoms with Crippen LogP contribution in [0.1, 0.15) is 13.8 Å². The predicted octanol–water partition coefficient (Wildman–Crippen LogP) is 6.55. The zero-order chi connectivity index (χ0) is 18.6. The van der Waals surface area contributed by atoms with Crippen LogP contribution in [0.2, 0.25) is 0 Å². The number of hydrogen-bond acceptors (Lipinski definition) is 4. The maximum atomic E-state index is 4.79. The Kier molecular flexibility index (Phi) is 5.07. The van der Waals surface area contributed by atoms with Crippen LogP contribution in [0.15, 0.2) is 72.1 Å². The van der Waals surface area contributed by atoms with Crippen molar-refractivity contribution in [3.8, 4) is 11.3 Å². The van der Waals surface area contributed by atoms with Crippen molar-refractivity contribution >= 4 is 38.6 Å². The number of fused-ring (bicyclic) bond motifs is 1. The van der Waals surface area contributed by atoms with Gasteiger partial charge in [0.25, 0.3) is 0 Å². The van der Waals surface area contributed by atoms with Crippen LogP contribution >= 0.6 is 11.3 Å². The lowest BCUT2D eigenvalue weighted by Crippen LogP contribution is -2.21. The van der Waals surface area contributed by atoms with Crippen LogP contribution in [0.25, 0.3) is 22.0 Å². The average Bonchev–Trinajstić information content (AvgIpc) is 3.18. The van der Waals surface area contributed by atoms with Crippen LogP contribution in [-0.4, -0.2) is 18.1 Å². The van der Waals surface area contributed by atoms with Crippen molar-refractivity contribution in [2.24, 2.45) is 0 Å². The maximum absolute atomic E-state index is 4.79. The van der Waals surface area contributed by atoms with E-state index in [-0.39, 0.29) is 0 Å². The molecule has 0 fully saturated rings. The summed E-state index contributed by atoms with van der Waals surface area (Å²) in [5, 5.41) is 8.94. The highest BCUT2D eigenvalue weighted by Gasteiger charge is 2.08. The summed E-state index contributed by atoms with van der Waals surface area (Å²) in [6.45, 7) is 6.41. The Morgan fingerprint density at radius 1 is 0.889 bits per heavy atom. The molecule has 0 unspecified atom stereocenters. The smallest absolute Gasteiger partial charge is 0.187 e. The molecule has 27 heavy (non-hydrogen) atoms. The molecule has 4 heteroatoms. The minimum atomic E-state index is 0.911. The summed E-state index contributed by atoms with van der Waals surface area (Å²) in [6.07, 6.45) is 0. The van der Waals surface area contributed by atoms with E-state index in [1.165, 1.54) is 16.5 Å². The number of benzene rings is 3. The summed E-state index contributed by atoms with van der Waals surface area (Å²) in [5.74, 6) is 0. The number of hydrogen-bond donors (Lipinski definition) is 1. The summed E-state index contributed by atoms with van der Waals surface area (Å²) in [5.41, 5.74) is 4.50. The van der Waals surface area contributed by atoms with Crippen molar-refractivity contribution in [1.82, 2.24) is 4.98 Å². The fourth-order valence-corrected chi connectivity index (χ4v) is 4.08. The Morgan fingerprint density at radius 2 is 1.63 bits per heavy atom. The Bertz CT molecular complexity index is 1030. The molecule has 0 aliphatic rings. The molecule has 0 atom stereocenters. The third-order valence-corrected chi connectivity index (χ3v) is 5.58. The van der Waals surface area contributed by atoms with Gasteiger partial charge in [-0.25, -0.2) is 4.98 Å². The van der Waals surface area contributed by atoms with E-state index >= 15 is 0 Å². The van der Waals surface area contributed by atoms with Crippen molar-refractivity contribution in [3.63, 3.8) is 0 Å². The van der Waals surface area contributed by atoms with Crippen LogP contribution < -0.4 is 10.2 Å². The van der Waals surface area contributed by atoms with Crippen LogP contribution in [-0.2, 0) is 0 Å². The Balaban J connectivity index is 1.56.